The fourth-order valence-electron chi connectivity index (χ4n) is 2.72. The van der Waals surface area contributed by atoms with Gasteiger partial charge in [0.2, 0.25) is 0 Å². The number of alkyl halides is 1. The van der Waals surface area contributed by atoms with Crippen molar-refractivity contribution >= 4 is 17.4 Å². The van der Waals surface area contributed by atoms with Crippen LogP contribution < -0.4 is 4.90 Å². The largest absolute Gasteiger partial charge is 0.357 e. The summed E-state index contributed by atoms with van der Waals surface area (Å²) in [6, 6.07) is 4.80. The third-order valence-corrected chi connectivity index (χ3v) is 4.53. The first-order valence-corrected chi connectivity index (χ1v) is 7.66. The molecule has 0 aromatic carbocycles. The van der Waals surface area contributed by atoms with Crippen molar-refractivity contribution in [2.24, 2.45) is 0 Å². The Morgan fingerprint density at radius 3 is 2.58 bits per heavy atom. The molecule has 0 N–H and O–H groups in total. The Balaban J connectivity index is 2.03. The Labute approximate surface area is 121 Å². The van der Waals surface area contributed by atoms with Crippen LogP contribution in [0.25, 0.3) is 0 Å². The zero-order valence-corrected chi connectivity index (χ0v) is 13.0. The van der Waals surface area contributed by atoms with Crippen molar-refractivity contribution in [1.82, 2.24) is 9.88 Å². The van der Waals surface area contributed by atoms with Crippen LogP contribution in [-0.4, -0.2) is 42.6 Å². The lowest BCUT2D eigenvalue weighted by molar-refractivity contribution is 0.220. The summed E-state index contributed by atoms with van der Waals surface area (Å²) in [7, 11) is 2.16. The highest BCUT2D eigenvalue weighted by atomic mass is 35.5. The standard InChI is InChI=1S/C15H24ClN3/c1-4-19-9-7-14(8-10-19)18(3)15-6-5-13(11-16)12(2)17-15/h5-6,14H,4,7-11H2,1-3H3. The van der Waals surface area contributed by atoms with Crippen LogP contribution in [0.5, 0.6) is 0 Å². The number of halogens is 1. The van der Waals surface area contributed by atoms with Gasteiger partial charge in [-0.1, -0.05) is 13.0 Å². The van der Waals surface area contributed by atoms with Gasteiger partial charge in [-0.25, -0.2) is 4.98 Å². The smallest absolute Gasteiger partial charge is 0.128 e. The fraction of sp³-hybridized carbons (Fsp3) is 0.667. The van der Waals surface area contributed by atoms with E-state index in [1.807, 2.05) is 6.92 Å². The third-order valence-electron chi connectivity index (χ3n) is 4.24. The lowest BCUT2D eigenvalue weighted by Crippen LogP contribution is -2.43. The Morgan fingerprint density at radius 1 is 1.37 bits per heavy atom. The highest BCUT2D eigenvalue weighted by Crippen LogP contribution is 2.22. The molecule has 2 rings (SSSR count). The normalized spacial score (nSPS) is 17.7. The van der Waals surface area contributed by atoms with Gasteiger partial charge in [-0.2, -0.15) is 0 Å². The number of pyridine rings is 1. The Morgan fingerprint density at radius 2 is 2.05 bits per heavy atom. The van der Waals surface area contributed by atoms with E-state index < -0.39 is 0 Å². The van der Waals surface area contributed by atoms with Crippen molar-refractivity contribution in [3.8, 4) is 0 Å². The number of piperidine rings is 1. The van der Waals surface area contributed by atoms with Crippen LogP contribution in [0.4, 0.5) is 5.82 Å². The van der Waals surface area contributed by atoms with Gasteiger partial charge in [0, 0.05) is 37.8 Å². The molecule has 3 nitrogen and oxygen atoms in total. The van der Waals surface area contributed by atoms with Gasteiger partial charge in [0.25, 0.3) is 0 Å². The molecule has 1 fully saturated rings. The zero-order valence-electron chi connectivity index (χ0n) is 12.2. The summed E-state index contributed by atoms with van der Waals surface area (Å²) in [6.45, 7) is 7.83. The topological polar surface area (TPSA) is 19.4 Å². The minimum absolute atomic E-state index is 0.539. The number of aromatic nitrogens is 1. The van der Waals surface area contributed by atoms with Crippen LogP contribution >= 0.6 is 11.6 Å². The highest BCUT2D eigenvalue weighted by molar-refractivity contribution is 6.17. The van der Waals surface area contributed by atoms with Crippen LogP contribution in [0, 0.1) is 6.92 Å². The Kier molecular flexibility index (Phi) is 5.06. The van der Waals surface area contributed by atoms with Crippen LogP contribution in [0.1, 0.15) is 31.0 Å². The third kappa shape index (κ3) is 3.40. The van der Waals surface area contributed by atoms with Gasteiger partial charge in [-0.05, 0) is 37.9 Å². The molecule has 0 saturated carbocycles. The average Bonchev–Trinajstić information content (AvgIpc) is 2.46. The van der Waals surface area contributed by atoms with Gasteiger partial charge in [0.05, 0.1) is 0 Å². The number of aryl methyl sites for hydroxylation is 1. The van der Waals surface area contributed by atoms with Crippen LogP contribution in [0.15, 0.2) is 12.1 Å². The van der Waals surface area contributed by atoms with E-state index in [1.165, 1.54) is 25.9 Å². The van der Waals surface area contributed by atoms with E-state index in [4.69, 9.17) is 11.6 Å². The van der Waals surface area contributed by atoms with Gasteiger partial charge >= 0.3 is 0 Å². The van der Waals surface area contributed by atoms with Gasteiger partial charge in [0.1, 0.15) is 5.82 Å². The SMILES string of the molecule is CCN1CCC(N(C)c2ccc(CCl)c(C)n2)CC1. The molecule has 1 aromatic rings. The van der Waals surface area contributed by atoms with Crippen molar-refractivity contribution in [2.45, 2.75) is 38.6 Å². The monoisotopic (exact) mass is 281 g/mol. The Hall–Kier alpha value is -0.800. The van der Waals surface area contributed by atoms with E-state index in [2.05, 4.69) is 40.9 Å². The van der Waals surface area contributed by atoms with Crippen LogP contribution in [0.2, 0.25) is 0 Å². The van der Waals surface area contributed by atoms with Crippen molar-refractivity contribution in [2.75, 3.05) is 31.6 Å². The summed E-state index contributed by atoms with van der Waals surface area (Å²) in [5.74, 6) is 1.61. The summed E-state index contributed by atoms with van der Waals surface area (Å²) in [6.07, 6.45) is 2.45. The zero-order chi connectivity index (χ0) is 13.8. The molecule has 19 heavy (non-hydrogen) atoms. The predicted octanol–water partition coefficient (Wildman–Crippen LogP) is 3.05. The molecule has 0 unspecified atom stereocenters. The molecule has 0 aliphatic carbocycles. The van der Waals surface area contributed by atoms with Crippen molar-refractivity contribution in [1.29, 1.82) is 0 Å². The molecule has 2 heterocycles. The van der Waals surface area contributed by atoms with E-state index >= 15 is 0 Å². The second-order valence-corrected chi connectivity index (χ2v) is 5.59. The van der Waals surface area contributed by atoms with E-state index in [-0.39, 0.29) is 0 Å². The summed E-state index contributed by atoms with van der Waals surface area (Å²) in [4.78, 5) is 9.53. The number of hydrogen-bond donors (Lipinski definition) is 0. The fourth-order valence-corrected chi connectivity index (χ4v) is 3.01. The summed E-state index contributed by atoms with van der Waals surface area (Å²) >= 11 is 5.89. The molecular weight excluding hydrogens is 258 g/mol. The van der Waals surface area contributed by atoms with Gasteiger partial charge in [0.15, 0.2) is 0 Å². The van der Waals surface area contributed by atoms with E-state index in [0.717, 1.165) is 23.6 Å². The second-order valence-electron chi connectivity index (χ2n) is 5.32. The maximum atomic E-state index is 5.89. The predicted molar refractivity (Wildman–Crippen MR) is 82.1 cm³/mol. The molecule has 0 amide bonds. The highest BCUT2D eigenvalue weighted by Gasteiger charge is 2.22. The molecule has 0 spiro atoms. The minimum atomic E-state index is 0.539. The molecular formula is C15H24ClN3. The van der Waals surface area contributed by atoms with Crippen LogP contribution in [0.3, 0.4) is 0 Å². The average molecular weight is 282 g/mol. The first kappa shape index (κ1) is 14.6. The first-order chi connectivity index (χ1) is 9.15. The molecule has 106 valence electrons. The number of rotatable bonds is 4. The lowest BCUT2D eigenvalue weighted by atomic mass is 10.0. The lowest BCUT2D eigenvalue weighted by Gasteiger charge is -2.37. The molecule has 0 atom stereocenters. The number of hydrogen-bond acceptors (Lipinski definition) is 3. The van der Waals surface area contributed by atoms with E-state index in [0.29, 0.717) is 11.9 Å². The van der Waals surface area contributed by atoms with Crippen molar-refractivity contribution in [3.05, 3.63) is 23.4 Å². The molecule has 4 heteroatoms. The van der Waals surface area contributed by atoms with Gasteiger partial charge in [-0.3, -0.25) is 0 Å². The van der Waals surface area contributed by atoms with Gasteiger partial charge in [-0.15, -0.1) is 11.6 Å². The molecule has 0 bridgehead atoms. The maximum Gasteiger partial charge on any atom is 0.128 e. The van der Waals surface area contributed by atoms with Crippen molar-refractivity contribution < 1.29 is 0 Å². The van der Waals surface area contributed by atoms with E-state index in [1.54, 1.807) is 0 Å². The molecule has 0 radical (unpaired) electrons. The Bertz CT molecular complexity index is 414. The summed E-state index contributed by atoms with van der Waals surface area (Å²) in [5.41, 5.74) is 2.17. The minimum Gasteiger partial charge on any atom is -0.357 e. The number of anilines is 1. The number of nitrogens with zero attached hydrogens (tertiary/aromatic N) is 3. The number of likely N-dealkylation sites (tertiary alicyclic amines) is 1. The second kappa shape index (κ2) is 6.58. The van der Waals surface area contributed by atoms with Gasteiger partial charge < -0.3 is 9.80 Å². The molecule has 1 aromatic heterocycles. The summed E-state index contributed by atoms with van der Waals surface area (Å²) < 4.78 is 0. The molecule has 1 aliphatic heterocycles. The first-order valence-electron chi connectivity index (χ1n) is 7.13. The van der Waals surface area contributed by atoms with Crippen LogP contribution in [-0.2, 0) is 5.88 Å². The maximum absolute atomic E-state index is 5.89. The van der Waals surface area contributed by atoms with E-state index in [9.17, 15) is 0 Å². The molecule has 1 saturated heterocycles. The quantitative estimate of drug-likeness (QED) is 0.791. The van der Waals surface area contributed by atoms with Crippen molar-refractivity contribution in [3.63, 3.8) is 0 Å². The summed E-state index contributed by atoms with van der Waals surface area (Å²) in [5, 5.41) is 0. The molecule has 1 aliphatic rings.